The van der Waals surface area contributed by atoms with Crippen LogP contribution in [0.1, 0.15) is 32.3 Å². The van der Waals surface area contributed by atoms with Crippen LogP contribution in [0, 0.1) is 11.8 Å². The summed E-state index contributed by atoms with van der Waals surface area (Å²) >= 11 is 0. The number of fused-ring (bicyclic) bond motifs is 1. The number of allylic oxidation sites excluding steroid dienone is 5. The summed E-state index contributed by atoms with van der Waals surface area (Å²) in [6, 6.07) is 13.5. The Morgan fingerprint density at radius 3 is 2.68 bits per heavy atom. The van der Waals surface area contributed by atoms with Crippen LogP contribution >= 0.6 is 0 Å². The molecule has 8 heteroatoms. The van der Waals surface area contributed by atoms with E-state index in [-0.39, 0.29) is 11.0 Å². The van der Waals surface area contributed by atoms with Crippen molar-refractivity contribution in [2.75, 3.05) is 4.72 Å². The summed E-state index contributed by atoms with van der Waals surface area (Å²) in [5.74, 6) is 5.62. The first-order chi connectivity index (χ1) is 17.7. The highest BCUT2D eigenvalue weighted by atomic mass is 32.2. The van der Waals surface area contributed by atoms with E-state index in [4.69, 9.17) is 4.74 Å². The third kappa shape index (κ3) is 6.26. The third-order valence-corrected chi connectivity index (χ3v) is 6.87. The smallest absolute Gasteiger partial charge is 0.331 e. The van der Waals surface area contributed by atoms with Crippen molar-refractivity contribution in [3.63, 3.8) is 0 Å². The minimum absolute atomic E-state index is 0.0268. The average Bonchev–Trinajstić information content (AvgIpc) is 2.83. The second-order valence-corrected chi connectivity index (χ2v) is 10.2. The number of nitrogens with zero attached hydrogens (tertiary/aromatic N) is 1. The van der Waals surface area contributed by atoms with E-state index in [1.54, 1.807) is 54.6 Å². The number of sulfonamides is 1. The van der Waals surface area contributed by atoms with Gasteiger partial charge >= 0.3 is 5.97 Å². The van der Waals surface area contributed by atoms with Crippen LogP contribution in [0.2, 0.25) is 0 Å². The van der Waals surface area contributed by atoms with Crippen LogP contribution < -0.4 is 9.46 Å². The molecule has 0 radical (unpaired) electrons. The van der Waals surface area contributed by atoms with E-state index in [1.807, 2.05) is 26.0 Å². The number of carboxylic acid groups (broad SMARTS) is 1. The van der Waals surface area contributed by atoms with Crippen LogP contribution in [0.25, 0.3) is 10.9 Å². The Kier molecular flexibility index (Phi) is 7.75. The van der Waals surface area contributed by atoms with E-state index in [0.29, 0.717) is 51.9 Å². The zero-order chi connectivity index (χ0) is 26.4. The molecule has 0 atom stereocenters. The predicted octanol–water partition coefficient (Wildman–Crippen LogP) is 5.46. The number of carbonyl (C=O) groups is 1. The van der Waals surface area contributed by atoms with Crippen molar-refractivity contribution < 1.29 is 23.1 Å². The van der Waals surface area contributed by atoms with Gasteiger partial charge in [-0.05, 0) is 63.1 Å². The fourth-order valence-corrected chi connectivity index (χ4v) is 5.01. The number of rotatable bonds is 6. The molecular weight excluding hydrogens is 488 g/mol. The van der Waals surface area contributed by atoms with Gasteiger partial charge in [0.2, 0.25) is 0 Å². The fourth-order valence-electron chi connectivity index (χ4n) is 3.76. The van der Waals surface area contributed by atoms with Crippen molar-refractivity contribution >= 4 is 32.6 Å². The summed E-state index contributed by atoms with van der Waals surface area (Å²) in [6.45, 7) is 3.80. The molecule has 2 N–H and O–H groups in total. The van der Waals surface area contributed by atoms with E-state index < -0.39 is 16.0 Å². The molecule has 0 saturated carbocycles. The van der Waals surface area contributed by atoms with Gasteiger partial charge in [0.25, 0.3) is 10.0 Å². The van der Waals surface area contributed by atoms with E-state index in [0.717, 1.165) is 0 Å². The van der Waals surface area contributed by atoms with Gasteiger partial charge in [0.05, 0.1) is 17.3 Å². The minimum Gasteiger partial charge on any atom is -0.490 e. The van der Waals surface area contributed by atoms with Gasteiger partial charge in [0.15, 0.2) is 0 Å². The molecule has 4 rings (SSSR count). The molecule has 0 spiro atoms. The minimum atomic E-state index is -4.02. The Hall–Kier alpha value is -4.35. The highest BCUT2D eigenvalue weighted by Crippen LogP contribution is 2.30. The summed E-state index contributed by atoms with van der Waals surface area (Å²) in [7, 11) is -4.02. The Bertz CT molecular complexity index is 1610. The molecule has 0 bridgehead atoms. The maximum Gasteiger partial charge on any atom is 0.331 e. The lowest BCUT2D eigenvalue weighted by Gasteiger charge is -2.14. The largest absolute Gasteiger partial charge is 0.490 e. The molecule has 0 fully saturated rings. The molecule has 7 nitrogen and oxygen atoms in total. The number of hydrogen-bond donors (Lipinski definition) is 2. The molecule has 1 aliphatic rings. The zero-order valence-electron chi connectivity index (χ0n) is 20.4. The Labute approximate surface area is 216 Å². The number of benzene rings is 2. The van der Waals surface area contributed by atoms with Gasteiger partial charge in [-0.2, -0.15) is 0 Å². The number of anilines is 1. The Morgan fingerprint density at radius 1 is 1.08 bits per heavy atom. The van der Waals surface area contributed by atoms with Gasteiger partial charge in [-0.15, -0.1) is 0 Å². The summed E-state index contributed by atoms with van der Waals surface area (Å²) < 4.78 is 35.4. The van der Waals surface area contributed by atoms with Gasteiger partial charge in [0.1, 0.15) is 10.6 Å². The summed E-state index contributed by atoms with van der Waals surface area (Å²) in [5.41, 5.74) is 2.03. The summed E-state index contributed by atoms with van der Waals surface area (Å²) in [4.78, 5) is 15.7. The lowest BCUT2D eigenvalue weighted by Crippen LogP contribution is -2.15. The van der Waals surface area contributed by atoms with E-state index in [2.05, 4.69) is 21.5 Å². The van der Waals surface area contributed by atoms with Crippen LogP contribution in [0.15, 0.2) is 95.1 Å². The first kappa shape index (κ1) is 25.7. The van der Waals surface area contributed by atoms with Crippen molar-refractivity contribution in [2.45, 2.75) is 37.7 Å². The number of pyridine rings is 1. The zero-order valence-corrected chi connectivity index (χ0v) is 21.2. The molecule has 1 aliphatic carbocycles. The Morgan fingerprint density at radius 2 is 1.89 bits per heavy atom. The number of carboxylic acids is 1. The number of para-hydroxylation sites is 2. The number of ether oxygens (including phenoxy) is 1. The molecule has 1 aromatic heterocycles. The van der Waals surface area contributed by atoms with Crippen LogP contribution in [-0.4, -0.2) is 30.6 Å². The van der Waals surface area contributed by atoms with Gasteiger partial charge in [-0.25, -0.2) is 13.2 Å². The van der Waals surface area contributed by atoms with Gasteiger partial charge in [-0.3, -0.25) is 9.71 Å². The normalized spacial score (nSPS) is 17.3. The van der Waals surface area contributed by atoms with Gasteiger partial charge in [0, 0.05) is 28.3 Å². The summed E-state index contributed by atoms with van der Waals surface area (Å²) in [6.07, 6.45) is 9.39. The van der Waals surface area contributed by atoms with Crippen LogP contribution in [0.4, 0.5) is 5.69 Å². The van der Waals surface area contributed by atoms with Gasteiger partial charge in [-0.1, -0.05) is 48.3 Å². The topological polar surface area (TPSA) is 106 Å². The first-order valence-electron chi connectivity index (χ1n) is 11.7. The Balaban J connectivity index is 1.68. The molecule has 0 amide bonds. The maximum absolute atomic E-state index is 13.5. The maximum atomic E-state index is 13.5. The molecule has 188 valence electrons. The SMILES string of the molecule is CC(C)Oc1ccnc2c(S(=O)(=O)Nc3ccccc3C#CC3=C/C=C(/C(=O)O)CC/C=C\3)cccc12. The lowest BCUT2D eigenvalue weighted by atomic mass is 10.0. The standard InChI is InChI=1S/C29H26N2O5S/c1-20(2)36-26-18-19-30-28-24(26)11-7-13-27(28)37(34,35)31-25-12-6-5-9-22(25)16-14-21-8-3-4-10-23(17-15-21)29(32)33/h3,5-9,11-13,15,17-20,31H,4,10H2,1-2H3,(H,32,33)/b8-3-,21-15+,23-17+. The molecule has 2 aromatic carbocycles. The van der Waals surface area contributed by atoms with Crippen LogP contribution in [0.5, 0.6) is 5.75 Å². The molecular formula is C29H26N2O5S. The number of hydrogen-bond acceptors (Lipinski definition) is 5. The lowest BCUT2D eigenvalue weighted by molar-refractivity contribution is -0.132. The molecule has 3 aromatic rings. The van der Waals surface area contributed by atoms with Crippen molar-refractivity contribution in [2.24, 2.45) is 0 Å². The van der Waals surface area contributed by atoms with Crippen molar-refractivity contribution in [1.82, 2.24) is 4.98 Å². The molecule has 1 heterocycles. The number of nitrogens with one attached hydrogen (secondary N) is 1. The fraction of sp³-hybridized carbons (Fsp3) is 0.172. The average molecular weight is 515 g/mol. The van der Waals surface area contributed by atoms with E-state index in [1.165, 1.54) is 12.3 Å². The first-order valence-corrected chi connectivity index (χ1v) is 13.2. The summed E-state index contributed by atoms with van der Waals surface area (Å²) in [5, 5.41) is 9.87. The second kappa shape index (κ2) is 11.1. The van der Waals surface area contributed by atoms with Crippen LogP contribution in [-0.2, 0) is 14.8 Å². The predicted molar refractivity (Wildman–Crippen MR) is 144 cm³/mol. The van der Waals surface area contributed by atoms with Crippen molar-refractivity contribution in [3.8, 4) is 17.6 Å². The molecule has 0 unspecified atom stereocenters. The highest BCUT2D eigenvalue weighted by molar-refractivity contribution is 7.93. The highest BCUT2D eigenvalue weighted by Gasteiger charge is 2.21. The van der Waals surface area contributed by atoms with E-state index in [9.17, 15) is 18.3 Å². The van der Waals surface area contributed by atoms with Crippen molar-refractivity contribution in [1.29, 1.82) is 0 Å². The van der Waals surface area contributed by atoms with Crippen LogP contribution in [0.3, 0.4) is 0 Å². The second-order valence-electron chi connectivity index (χ2n) is 8.59. The van der Waals surface area contributed by atoms with E-state index >= 15 is 0 Å². The van der Waals surface area contributed by atoms with Crippen molar-refractivity contribution in [3.05, 3.63) is 95.7 Å². The monoisotopic (exact) mass is 514 g/mol. The molecule has 37 heavy (non-hydrogen) atoms. The molecule has 0 aliphatic heterocycles. The quantitative estimate of drug-likeness (QED) is 0.423. The third-order valence-electron chi connectivity index (χ3n) is 5.48. The number of aliphatic carboxylic acids is 1. The van der Waals surface area contributed by atoms with Gasteiger partial charge < -0.3 is 9.84 Å². The molecule has 0 saturated heterocycles. The number of aromatic nitrogens is 1.